The van der Waals surface area contributed by atoms with Gasteiger partial charge in [0.25, 0.3) is 0 Å². The van der Waals surface area contributed by atoms with Crippen LogP contribution in [-0.2, 0) is 11.2 Å². The van der Waals surface area contributed by atoms with Crippen LogP contribution < -0.4 is 0 Å². The molecule has 1 rings (SSSR count). The Kier molecular flexibility index (Phi) is 10.3. The summed E-state index contributed by atoms with van der Waals surface area (Å²) < 4.78 is 5.32. The summed E-state index contributed by atoms with van der Waals surface area (Å²) in [5.74, 6) is -0.256. The number of aryl methyl sites for hydroxylation is 1. The van der Waals surface area contributed by atoms with Gasteiger partial charge in [0.15, 0.2) is 0 Å². The monoisotopic (exact) mass is 307 g/mol. The van der Waals surface area contributed by atoms with Crippen molar-refractivity contribution in [3.05, 3.63) is 29.6 Å². The van der Waals surface area contributed by atoms with Gasteiger partial charge in [-0.2, -0.15) is 0 Å². The van der Waals surface area contributed by atoms with E-state index in [4.69, 9.17) is 9.84 Å². The van der Waals surface area contributed by atoms with Crippen molar-refractivity contribution < 1.29 is 14.6 Å². The van der Waals surface area contributed by atoms with E-state index in [9.17, 15) is 4.79 Å². The number of unbranched alkanes of at least 4 members (excludes halogenated alkanes) is 7. The summed E-state index contributed by atoms with van der Waals surface area (Å²) in [5, 5.41) is 8.68. The lowest BCUT2D eigenvalue weighted by molar-refractivity contribution is 0.0496. The van der Waals surface area contributed by atoms with E-state index in [0.717, 1.165) is 37.8 Å². The SMILES string of the molecule is CCc1ncccc1C(=O)OCCCCCCCCCCO. The van der Waals surface area contributed by atoms with Crippen LogP contribution in [0.1, 0.15) is 74.3 Å². The minimum atomic E-state index is -0.256. The summed E-state index contributed by atoms with van der Waals surface area (Å²) in [6, 6.07) is 3.55. The number of aliphatic hydroxyl groups excluding tert-OH is 1. The molecule has 0 saturated heterocycles. The van der Waals surface area contributed by atoms with E-state index in [0.29, 0.717) is 18.8 Å². The lowest BCUT2D eigenvalue weighted by atomic mass is 10.1. The molecular weight excluding hydrogens is 278 g/mol. The topological polar surface area (TPSA) is 59.4 Å². The van der Waals surface area contributed by atoms with Crippen molar-refractivity contribution in [1.29, 1.82) is 0 Å². The zero-order chi connectivity index (χ0) is 16.0. The molecule has 0 aliphatic carbocycles. The van der Waals surface area contributed by atoms with E-state index in [2.05, 4.69) is 4.98 Å². The Morgan fingerprint density at radius 2 is 1.73 bits per heavy atom. The van der Waals surface area contributed by atoms with E-state index in [1.165, 1.54) is 25.7 Å². The van der Waals surface area contributed by atoms with Crippen LogP contribution in [0, 0.1) is 0 Å². The molecule has 22 heavy (non-hydrogen) atoms. The van der Waals surface area contributed by atoms with Crippen molar-refractivity contribution in [2.45, 2.75) is 64.7 Å². The van der Waals surface area contributed by atoms with Gasteiger partial charge in [-0.25, -0.2) is 4.79 Å². The summed E-state index contributed by atoms with van der Waals surface area (Å²) in [7, 11) is 0. The summed E-state index contributed by atoms with van der Waals surface area (Å²) in [6.45, 7) is 2.78. The van der Waals surface area contributed by atoms with Crippen LogP contribution >= 0.6 is 0 Å². The lowest BCUT2D eigenvalue weighted by Gasteiger charge is -2.07. The van der Waals surface area contributed by atoms with Crippen LogP contribution in [0.15, 0.2) is 18.3 Å². The van der Waals surface area contributed by atoms with E-state index in [-0.39, 0.29) is 5.97 Å². The summed E-state index contributed by atoms with van der Waals surface area (Å²) >= 11 is 0. The predicted octanol–water partition coefficient (Wildman–Crippen LogP) is 3.91. The second kappa shape index (κ2) is 12.2. The summed E-state index contributed by atoms with van der Waals surface area (Å²) in [4.78, 5) is 16.2. The average Bonchev–Trinajstić information content (AvgIpc) is 2.56. The first-order chi connectivity index (χ1) is 10.8. The van der Waals surface area contributed by atoms with Crippen molar-refractivity contribution in [1.82, 2.24) is 4.98 Å². The molecule has 1 aromatic heterocycles. The van der Waals surface area contributed by atoms with Gasteiger partial charge in [0.2, 0.25) is 0 Å². The van der Waals surface area contributed by atoms with Crippen LogP contribution in [0.4, 0.5) is 0 Å². The highest BCUT2D eigenvalue weighted by atomic mass is 16.5. The number of aromatic nitrogens is 1. The second-order valence-corrected chi connectivity index (χ2v) is 5.54. The number of hydrogen-bond donors (Lipinski definition) is 1. The molecule has 0 unspecified atom stereocenters. The molecule has 1 N–H and O–H groups in total. The van der Waals surface area contributed by atoms with Crippen LogP contribution in [0.25, 0.3) is 0 Å². The highest BCUT2D eigenvalue weighted by Crippen LogP contribution is 2.10. The minimum Gasteiger partial charge on any atom is -0.462 e. The van der Waals surface area contributed by atoms with Crippen LogP contribution in [0.3, 0.4) is 0 Å². The third-order valence-electron chi connectivity index (χ3n) is 3.73. The maximum atomic E-state index is 12.0. The van der Waals surface area contributed by atoms with Gasteiger partial charge in [-0.15, -0.1) is 0 Å². The highest BCUT2D eigenvalue weighted by Gasteiger charge is 2.11. The van der Waals surface area contributed by atoms with Crippen molar-refractivity contribution in [3.63, 3.8) is 0 Å². The molecule has 0 aromatic carbocycles. The fraction of sp³-hybridized carbons (Fsp3) is 0.667. The number of carbonyl (C=O) groups is 1. The first-order valence-corrected chi connectivity index (χ1v) is 8.51. The number of nitrogens with zero attached hydrogens (tertiary/aromatic N) is 1. The molecule has 0 fully saturated rings. The van der Waals surface area contributed by atoms with E-state index in [1.807, 2.05) is 6.92 Å². The molecule has 0 aliphatic rings. The van der Waals surface area contributed by atoms with Gasteiger partial charge in [-0.1, -0.05) is 45.4 Å². The number of rotatable bonds is 12. The summed E-state index contributed by atoms with van der Waals surface area (Å²) in [6.07, 6.45) is 11.4. The Balaban J connectivity index is 2.06. The third-order valence-corrected chi connectivity index (χ3v) is 3.73. The molecule has 0 aliphatic heterocycles. The molecule has 0 saturated carbocycles. The Morgan fingerprint density at radius 1 is 1.09 bits per heavy atom. The molecule has 124 valence electrons. The smallest absolute Gasteiger partial charge is 0.339 e. The van der Waals surface area contributed by atoms with Gasteiger partial charge in [0.1, 0.15) is 0 Å². The van der Waals surface area contributed by atoms with Gasteiger partial charge in [0, 0.05) is 12.8 Å². The zero-order valence-electron chi connectivity index (χ0n) is 13.7. The number of pyridine rings is 1. The maximum absolute atomic E-state index is 12.0. The molecule has 0 radical (unpaired) electrons. The molecule has 1 heterocycles. The number of ether oxygens (including phenoxy) is 1. The first-order valence-electron chi connectivity index (χ1n) is 8.51. The van der Waals surface area contributed by atoms with Crippen LogP contribution in [-0.4, -0.2) is 29.3 Å². The number of aliphatic hydroxyl groups is 1. The van der Waals surface area contributed by atoms with Gasteiger partial charge < -0.3 is 9.84 Å². The second-order valence-electron chi connectivity index (χ2n) is 5.54. The summed E-state index contributed by atoms with van der Waals surface area (Å²) in [5.41, 5.74) is 1.39. The van der Waals surface area contributed by atoms with Crippen molar-refractivity contribution in [3.8, 4) is 0 Å². The Labute approximate surface area is 133 Å². The number of esters is 1. The molecule has 4 nitrogen and oxygen atoms in total. The predicted molar refractivity (Wildman–Crippen MR) is 87.9 cm³/mol. The first kappa shape index (κ1) is 18.6. The van der Waals surface area contributed by atoms with Crippen molar-refractivity contribution >= 4 is 5.97 Å². The quantitative estimate of drug-likeness (QED) is 0.470. The van der Waals surface area contributed by atoms with Gasteiger partial charge in [-0.3, -0.25) is 4.98 Å². The Hall–Kier alpha value is -1.42. The lowest BCUT2D eigenvalue weighted by Crippen LogP contribution is -2.10. The molecule has 0 bridgehead atoms. The molecule has 0 amide bonds. The Morgan fingerprint density at radius 3 is 2.36 bits per heavy atom. The zero-order valence-corrected chi connectivity index (χ0v) is 13.7. The van der Waals surface area contributed by atoms with Crippen molar-refractivity contribution in [2.24, 2.45) is 0 Å². The third kappa shape index (κ3) is 7.55. The fourth-order valence-electron chi connectivity index (χ4n) is 2.42. The van der Waals surface area contributed by atoms with Gasteiger partial charge in [-0.05, 0) is 31.4 Å². The number of hydrogen-bond acceptors (Lipinski definition) is 4. The largest absolute Gasteiger partial charge is 0.462 e. The maximum Gasteiger partial charge on any atom is 0.339 e. The van der Waals surface area contributed by atoms with Crippen LogP contribution in [0.2, 0.25) is 0 Å². The minimum absolute atomic E-state index is 0.256. The Bertz CT molecular complexity index is 421. The van der Waals surface area contributed by atoms with Crippen molar-refractivity contribution in [2.75, 3.05) is 13.2 Å². The fourth-order valence-corrected chi connectivity index (χ4v) is 2.42. The van der Waals surface area contributed by atoms with Crippen LogP contribution in [0.5, 0.6) is 0 Å². The van der Waals surface area contributed by atoms with E-state index in [1.54, 1.807) is 18.3 Å². The molecular formula is C18H29NO3. The van der Waals surface area contributed by atoms with E-state index < -0.39 is 0 Å². The molecule has 4 heteroatoms. The molecule has 0 atom stereocenters. The molecule has 1 aromatic rings. The highest BCUT2D eigenvalue weighted by molar-refractivity contribution is 5.90. The van der Waals surface area contributed by atoms with Gasteiger partial charge >= 0.3 is 5.97 Å². The normalized spacial score (nSPS) is 10.6. The van der Waals surface area contributed by atoms with E-state index >= 15 is 0 Å². The van der Waals surface area contributed by atoms with Gasteiger partial charge in [0.05, 0.1) is 17.9 Å². The average molecular weight is 307 g/mol. The standard InChI is InChI=1S/C18H29NO3/c1-2-17-16(12-11-13-19-17)18(21)22-15-10-8-6-4-3-5-7-9-14-20/h11-13,20H,2-10,14-15H2,1H3. The number of carbonyl (C=O) groups excluding carboxylic acids is 1. The molecule has 0 spiro atoms.